The van der Waals surface area contributed by atoms with Crippen LogP contribution in [0.3, 0.4) is 0 Å². The van der Waals surface area contributed by atoms with Crippen molar-refractivity contribution >= 4 is 27.6 Å². The fraction of sp³-hybridized carbons (Fsp3) is 0.421. The smallest absolute Gasteiger partial charge is 0.126 e. The summed E-state index contributed by atoms with van der Waals surface area (Å²) in [6.07, 6.45) is 9.24. The van der Waals surface area contributed by atoms with Crippen molar-refractivity contribution in [2.75, 3.05) is 0 Å². The van der Waals surface area contributed by atoms with E-state index in [-0.39, 0.29) is 4.87 Å². The number of fused-ring (bicyclic) bond motifs is 1. The summed E-state index contributed by atoms with van der Waals surface area (Å²) in [5.74, 6) is 0. The first-order valence-electron chi connectivity index (χ1n) is 8.38. The van der Waals surface area contributed by atoms with Crippen LogP contribution in [-0.4, -0.2) is 9.91 Å². The van der Waals surface area contributed by atoms with Crippen molar-refractivity contribution in [1.82, 2.24) is 5.43 Å². The van der Waals surface area contributed by atoms with Gasteiger partial charge in [-0.2, -0.15) is 5.10 Å². The lowest BCUT2D eigenvalue weighted by molar-refractivity contribution is 0.369. The Bertz CT molecular complexity index is 694. The zero-order valence-corrected chi connectivity index (χ0v) is 13.7. The monoisotopic (exact) mass is 310 g/mol. The quantitative estimate of drug-likeness (QED) is 0.775. The maximum absolute atomic E-state index is 4.73. The first kappa shape index (κ1) is 14.1. The molecule has 1 saturated carbocycles. The van der Waals surface area contributed by atoms with Crippen LogP contribution in [0.5, 0.6) is 0 Å². The zero-order chi connectivity index (χ0) is 14.8. The van der Waals surface area contributed by atoms with Crippen LogP contribution in [0.1, 0.15) is 50.5 Å². The summed E-state index contributed by atoms with van der Waals surface area (Å²) >= 11 is 1.96. The van der Waals surface area contributed by atoms with E-state index in [1.807, 2.05) is 11.8 Å². The van der Waals surface area contributed by atoms with Crippen LogP contribution in [0, 0.1) is 0 Å². The van der Waals surface area contributed by atoms with E-state index in [0.717, 1.165) is 5.04 Å². The Morgan fingerprint density at radius 1 is 0.864 bits per heavy atom. The highest BCUT2D eigenvalue weighted by atomic mass is 32.2. The van der Waals surface area contributed by atoms with Gasteiger partial charge < -0.3 is 0 Å². The van der Waals surface area contributed by atoms with Crippen LogP contribution in [0.25, 0.3) is 10.8 Å². The molecule has 2 aromatic carbocycles. The van der Waals surface area contributed by atoms with Gasteiger partial charge in [0.25, 0.3) is 0 Å². The molecule has 0 amide bonds. The Kier molecular flexibility index (Phi) is 3.83. The largest absolute Gasteiger partial charge is 0.292 e. The first-order chi connectivity index (χ1) is 10.9. The second kappa shape index (κ2) is 5.96. The van der Waals surface area contributed by atoms with Gasteiger partial charge in [-0.05, 0) is 23.6 Å². The minimum atomic E-state index is 0.146. The Morgan fingerprint density at radius 3 is 2.45 bits per heavy atom. The molecule has 1 aliphatic carbocycles. The van der Waals surface area contributed by atoms with Crippen molar-refractivity contribution < 1.29 is 0 Å². The normalized spacial score (nSPS) is 21.2. The molecule has 0 atom stereocenters. The second-order valence-electron chi connectivity index (χ2n) is 6.42. The number of nitrogens with zero attached hydrogens (tertiary/aromatic N) is 1. The van der Waals surface area contributed by atoms with E-state index in [1.54, 1.807) is 0 Å². The summed E-state index contributed by atoms with van der Waals surface area (Å²) in [4.78, 5) is 0.146. The lowest BCUT2D eigenvalue weighted by Crippen LogP contribution is -2.36. The Labute approximate surface area is 136 Å². The van der Waals surface area contributed by atoms with Crippen LogP contribution >= 0.6 is 11.8 Å². The third-order valence-electron chi connectivity index (χ3n) is 4.83. The van der Waals surface area contributed by atoms with Crippen LogP contribution in [0.15, 0.2) is 47.6 Å². The highest BCUT2D eigenvalue weighted by molar-refractivity contribution is 8.15. The molecule has 0 saturated heterocycles. The number of benzene rings is 2. The SMILES string of the molecule is c1ccc2c(C3=NNC4(CCCCCCC4)S3)cccc2c1. The number of hydrazone groups is 1. The van der Waals surface area contributed by atoms with Gasteiger partial charge >= 0.3 is 0 Å². The molecule has 3 heteroatoms. The minimum Gasteiger partial charge on any atom is -0.292 e. The molecule has 1 spiro atoms. The Hall–Kier alpha value is -1.48. The van der Waals surface area contributed by atoms with E-state index in [0.29, 0.717) is 0 Å². The fourth-order valence-corrected chi connectivity index (χ4v) is 4.93. The Morgan fingerprint density at radius 2 is 1.59 bits per heavy atom. The van der Waals surface area contributed by atoms with E-state index in [2.05, 4.69) is 47.9 Å². The maximum atomic E-state index is 4.73. The zero-order valence-electron chi connectivity index (χ0n) is 12.8. The molecule has 22 heavy (non-hydrogen) atoms. The summed E-state index contributed by atoms with van der Waals surface area (Å²) in [5, 5.41) is 8.50. The molecule has 0 aromatic heterocycles. The van der Waals surface area contributed by atoms with Crippen LogP contribution in [0.4, 0.5) is 0 Å². The summed E-state index contributed by atoms with van der Waals surface area (Å²) in [6, 6.07) is 15.1. The van der Waals surface area contributed by atoms with E-state index in [1.165, 1.54) is 61.3 Å². The molecule has 1 N–H and O–H groups in total. The van der Waals surface area contributed by atoms with Crippen molar-refractivity contribution in [2.45, 2.75) is 49.8 Å². The fourth-order valence-electron chi connectivity index (χ4n) is 3.60. The second-order valence-corrected chi connectivity index (χ2v) is 7.79. The minimum absolute atomic E-state index is 0.146. The van der Waals surface area contributed by atoms with Crippen LogP contribution in [-0.2, 0) is 0 Å². The average molecular weight is 310 g/mol. The molecular weight excluding hydrogens is 288 g/mol. The van der Waals surface area contributed by atoms with Crippen LogP contribution < -0.4 is 5.43 Å². The molecule has 1 fully saturated rings. The number of nitrogens with one attached hydrogen (secondary N) is 1. The van der Waals surface area contributed by atoms with Crippen molar-refractivity contribution in [3.8, 4) is 0 Å². The third-order valence-corrected chi connectivity index (χ3v) is 6.23. The van der Waals surface area contributed by atoms with Gasteiger partial charge in [-0.1, -0.05) is 86.3 Å². The first-order valence-corrected chi connectivity index (χ1v) is 9.20. The predicted octanol–water partition coefficient (Wildman–Crippen LogP) is 5.28. The van der Waals surface area contributed by atoms with Crippen molar-refractivity contribution in [3.05, 3.63) is 48.0 Å². The number of thioether (sulfide) groups is 1. The lowest BCUT2D eigenvalue weighted by atomic mass is 9.96. The summed E-state index contributed by atoms with van der Waals surface area (Å²) in [7, 11) is 0. The molecule has 0 bridgehead atoms. The summed E-state index contributed by atoms with van der Waals surface area (Å²) < 4.78 is 0. The van der Waals surface area contributed by atoms with Crippen LogP contribution in [0.2, 0.25) is 0 Å². The molecule has 1 heterocycles. The maximum Gasteiger partial charge on any atom is 0.126 e. The lowest BCUT2D eigenvalue weighted by Gasteiger charge is -2.29. The van der Waals surface area contributed by atoms with E-state index >= 15 is 0 Å². The molecule has 2 nitrogen and oxygen atoms in total. The van der Waals surface area contributed by atoms with Gasteiger partial charge in [0.2, 0.25) is 0 Å². The molecule has 0 radical (unpaired) electrons. The predicted molar refractivity (Wildman–Crippen MR) is 96.3 cm³/mol. The number of hydrogen-bond donors (Lipinski definition) is 1. The topological polar surface area (TPSA) is 24.4 Å². The van der Waals surface area contributed by atoms with Gasteiger partial charge in [0.1, 0.15) is 9.91 Å². The van der Waals surface area contributed by atoms with Crippen molar-refractivity contribution in [3.63, 3.8) is 0 Å². The summed E-state index contributed by atoms with van der Waals surface area (Å²) in [5.41, 5.74) is 4.78. The van der Waals surface area contributed by atoms with Crippen molar-refractivity contribution in [2.24, 2.45) is 5.10 Å². The molecule has 0 unspecified atom stereocenters. The van der Waals surface area contributed by atoms with Gasteiger partial charge in [-0.25, -0.2) is 0 Å². The van der Waals surface area contributed by atoms with E-state index < -0.39 is 0 Å². The van der Waals surface area contributed by atoms with E-state index in [4.69, 9.17) is 5.10 Å². The highest BCUT2D eigenvalue weighted by Gasteiger charge is 2.37. The molecule has 2 aliphatic rings. The molecule has 2 aromatic rings. The molecule has 1 aliphatic heterocycles. The third kappa shape index (κ3) is 2.63. The van der Waals surface area contributed by atoms with Crippen molar-refractivity contribution in [1.29, 1.82) is 0 Å². The van der Waals surface area contributed by atoms with Gasteiger partial charge in [0.05, 0.1) is 0 Å². The average Bonchev–Trinajstić information content (AvgIpc) is 2.96. The van der Waals surface area contributed by atoms with Gasteiger partial charge in [0.15, 0.2) is 0 Å². The van der Waals surface area contributed by atoms with Gasteiger partial charge in [-0.15, -0.1) is 0 Å². The molecule has 4 rings (SSSR count). The highest BCUT2D eigenvalue weighted by Crippen LogP contribution is 2.42. The summed E-state index contributed by atoms with van der Waals surface area (Å²) in [6.45, 7) is 0. The Balaban J connectivity index is 1.63. The number of rotatable bonds is 1. The van der Waals surface area contributed by atoms with E-state index in [9.17, 15) is 0 Å². The van der Waals surface area contributed by atoms with Gasteiger partial charge in [0, 0.05) is 5.56 Å². The number of hydrogen-bond acceptors (Lipinski definition) is 3. The van der Waals surface area contributed by atoms with Gasteiger partial charge in [-0.3, -0.25) is 5.43 Å². The molecule has 114 valence electrons. The molecular formula is C19H22N2S. The standard InChI is InChI=1S/C19H22N2S/c1-2-6-13-19(14-7-3-1)21-20-18(22-19)17-12-8-10-15-9-4-5-11-16(15)17/h4-5,8-12,21H,1-3,6-7,13-14H2.